The summed E-state index contributed by atoms with van der Waals surface area (Å²) >= 11 is 1.25. The standard InChI is InChI=1S/C23H28F3N5O5S/c1-22(34)4-6-31(7-5-22)21-29-28-20(37-21)13-17(32)15-2-3-18(36-23(24,25)26)16(12-15)27-19(33)14-30-8-10-35-11-9-30/h2-3,12,34H,4-11,13-14H2,1H3,(H,27,33). The number of ether oxygens (including phenoxy) is 2. The molecule has 0 atom stereocenters. The Kier molecular flexibility index (Phi) is 8.31. The van der Waals surface area contributed by atoms with E-state index in [0.717, 1.165) is 6.07 Å². The van der Waals surface area contributed by atoms with E-state index in [-0.39, 0.29) is 24.2 Å². The predicted molar refractivity (Wildman–Crippen MR) is 129 cm³/mol. The number of hydrogen-bond acceptors (Lipinski definition) is 10. The molecule has 1 aromatic carbocycles. The summed E-state index contributed by atoms with van der Waals surface area (Å²) in [5.41, 5.74) is -0.862. The minimum atomic E-state index is -4.97. The average Bonchev–Trinajstić information content (AvgIpc) is 3.28. The number of nitrogens with zero attached hydrogens (tertiary/aromatic N) is 4. The molecule has 2 aromatic rings. The number of nitrogens with one attached hydrogen (secondary N) is 1. The minimum absolute atomic E-state index is 0.0352. The number of carbonyl (C=O) groups is 2. The van der Waals surface area contributed by atoms with E-state index in [0.29, 0.717) is 62.4 Å². The number of benzene rings is 1. The van der Waals surface area contributed by atoms with Crippen molar-refractivity contribution >= 4 is 33.8 Å². The molecule has 0 unspecified atom stereocenters. The van der Waals surface area contributed by atoms with Crippen LogP contribution >= 0.6 is 11.3 Å². The second kappa shape index (κ2) is 11.3. The number of piperidine rings is 1. The molecule has 0 bridgehead atoms. The number of rotatable bonds is 8. The average molecular weight is 544 g/mol. The molecule has 2 fully saturated rings. The van der Waals surface area contributed by atoms with E-state index in [2.05, 4.69) is 20.3 Å². The van der Waals surface area contributed by atoms with Crippen molar-refractivity contribution in [3.63, 3.8) is 0 Å². The van der Waals surface area contributed by atoms with Gasteiger partial charge in [-0.3, -0.25) is 14.5 Å². The van der Waals surface area contributed by atoms with Crippen molar-refractivity contribution in [1.82, 2.24) is 15.1 Å². The summed E-state index contributed by atoms with van der Waals surface area (Å²) in [5, 5.41) is 21.9. The quantitative estimate of drug-likeness (QED) is 0.485. The van der Waals surface area contributed by atoms with E-state index in [4.69, 9.17) is 4.74 Å². The van der Waals surface area contributed by atoms with Crippen LogP contribution in [-0.2, 0) is 16.0 Å². The topological polar surface area (TPSA) is 117 Å². The number of anilines is 2. The fourth-order valence-electron chi connectivity index (χ4n) is 4.03. The summed E-state index contributed by atoms with van der Waals surface area (Å²) in [6, 6.07) is 3.40. The molecule has 0 spiro atoms. The second-order valence-electron chi connectivity index (χ2n) is 9.26. The lowest BCUT2D eigenvalue weighted by atomic mass is 9.94. The van der Waals surface area contributed by atoms with E-state index < -0.39 is 29.4 Å². The fourth-order valence-corrected chi connectivity index (χ4v) is 4.92. The van der Waals surface area contributed by atoms with Crippen LogP contribution in [0, 0.1) is 0 Å². The molecular weight excluding hydrogens is 515 g/mol. The van der Waals surface area contributed by atoms with Crippen LogP contribution in [0.3, 0.4) is 0 Å². The zero-order valence-electron chi connectivity index (χ0n) is 20.2. The number of halogens is 3. The van der Waals surface area contributed by atoms with Crippen LogP contribution in [0.1, 0.15) is 35.1 Å². The Morgan fingerprint density at radius 1 is 1.19 bits per heavy atom. The van der Waals surface area contributed by atoms with Gasteiger partial charge in [0.15, 0.2) is 11.5 Å². The van der Waals surface area contributed by atoms with Gasteiger partial charge in [-0.2, -0.15) is 0 Å². The molecule has 2 saturated heterocycles. The lowest BCUT2D eigenvalue weighted by molar-refractivity contribution is -0.274. The number of carbonyl (C=O) groups excluding carboxylic acids is 2. The number of aromatic nitrogens is 2. The molecule has 0 saturated carbocycles. The SMILES string of the molecule is CC1(O)CCN(c2nnc(CC(=O)c3ccc(OC(F)(F)F)c(NC(=O)CN4CCOCC4)c3)s2)CC1. The van der Waals surface area contributed by atoms with Crippen LogP contribution in [-0.4, -0.2) is 89.8 Å². The number of amides is 1. The molecule has 4 rings (SSSR count). The third-order valence-corrected chi connectivity index (χ3v) is 7.14. The van der Waals surface area contributed by atoms with Gasteiger partial charge in [0.2, 0.25) is 11.0 Å². The highest BCUT2D eigenvalue weighted by Gasteiger charge is 2.33. The first-order chi connectivity index (χ1) is 17.5. The third-order valence-electron chi connectivity index (χ3n) is 6.15. The maximum absolute atomic E-state index is 12.9. The summed E-state index contributed by atoms with van der Waals surface area (Å²) < 4.78 is 48.1. The number of hydrogen-bond donors (Lipinski definition) is 2. The molecule has 0 aliphatic carbocycles. The van der Waals surface area contributed by atoms with E-state index in [1.807, 2.05) is 9.80 Å². The number of alkyl halides is 3. The number of morpholine rings is 1. The number of aliphatic hydroxyl groups is 1. The van der Waals surface area contributed by atoms with Gasteiger partial charge in [0.1, 0.15) is 5.01 Å². The Hall–Kier alpha value is -2.81. The van der Waals surface area contributed by atoms with E-state index in [1.54, 1.807) is 6.92 Å². The van der Waals surface area contributed by atoms with Gasteiger partial charge in [-0.05, 0) is 38.0 Å². The van der Waals surface area contributed by atoms with Crippen LogP contribution in [0.5, 0.6) is 5.75 Å². The summed E-state index contributed by atoms with van der Waals surface area (Å²) in [6.07, 6.45) is -3.90. The molecular formula is C23H28F3N5O5S. The number of ketones is 1. The smallest absolute Gasteiger partial charge is 0.404 e. The first-order valence-electron chi connectivity index (χ1n) is 11.8. The lowest BCUT2D eigenvalue weighted by Crippen LogP contribution is -2.42. The molecule has 1 amide bonds. The molecule has 14 heteroatoms. The summed E-state index contributed by atoms with van der Waals surface area (Å²) in [7, 11) is 0. The molecule has 202 valence electrons. The Labute approximate surface area is 215 Å². The zero-order valence-corrected chi connectivity index (χ0v) is 21.0. The molecule has 1 aromatic heterocycles. The van der Waals surface area contributed by atoms with Gasteiger partial charge < -0.3 is 24.8 Å². The maximum atomic E-state index is 12.9. The van der Waals surface area contributed by atoms with Crippen LogP contribution in [0.2, 0.25) is 0 Å². The summed E-state index contributed by atoms with van der Waals surface area (Å²) in [6.45, 7) is 4.97. The van der Waals surface area contributed by atoms with E-state index in [9.17, 15) is 27.9 Å². The van der Waals surface area contributed by atoms with Crippen molar-refractivity contribution in [3.05, 3.63) is 28.8 Å². The van der Waals surface area contributed by atoms with Gasteiger partial charge in [0, 0.05) is 31.7 Å². The van der Waals surface area contributed by atoms with Crippen LogP contribution < -0.4 is 15.0 Å². The Morgan fingerprint density at radius 3 is 2.57 bits per heavy atom. The highest BCUT2D eigenvalue weighted by molar-refractivity contribution is 7.15. The molecule has 37 heavy (non-hydrogen) atoms. The van der Waals surface area contributed by atoms with Gasteiger partial charge in [0.05, 0.1) is 37.5 Å². The fraction of sp³-hybridized carbons (Fsp3) is 0.565. The maximum Gasteiger partial charge on any atom is 0.573 e. The molecule has 3 heterocycles. The first-order valence-corrected chi connectivity index (χ1v) is 12.6. The molecule has 2 N–H and O–H groups in total. The van der Waals surface area contributed by atoms with Crippen molar-refractivity contribution in [2.75, 3.05) is 56.2 Å². The molecule has 2 aliphatic rings. The van der Waals surface area contributed by atoms with Crippen molar-refractivity contribution < 1.29 is 37.3 Å². The van der Waals surface area contributed by atoms with Crippen molar-refractivity contribution in [3.8, 4) is 5.75 Å². The highest BCUT2D eigenvalue weighted by atomic mass is 32.1. The molecule has 0 radical (unpaired) electrons. The van der Waals surface area contributed by atoms with Gasteiger partial charge in [-0.25, -0.2) is 0 Å². The van der Waals surface area contributed by atoms with Gasteiger partial charge in [0.25, 0.3) is 0 Å². The normalized spacial score (nSPS) is 18.5. The van der Waals surface area contributed by atoms with Gasteiger partial charge >= 0.3 is 6.36 Å². The van der Waals surface area contributed by atoms with Gasteiger partial charge in [-0.15, -0.1) is 23.4 Å². The monoisotopic (exact) mass is 543 g/mol. The summed E-state index contributed by atoms with van der Waals surface area (Å²) in [5.74, 6) is -1.54. The van der Waals surface area contributed by atoms with E-state index in [1.165, 1.54) is 23.5 Å². The van der Waals surface area contributed by atoms with Crippen LogP contribution in [0.15, 0.2) is 18.2 Å². The Balaban J connectivity index is 1.44. The lowest BCUT2D eigenvalue weighted by Gasteiger charge is -2.35. The second-order valence-corrected chi connectivity index (χ2v) is 10.3. The van der Waals surface area contributed by atoms with Gasteiger partial charge in [-0.1, -0.05) is 11.3 Å². The molecule has 2 aliphatic heterocycles. The van der Waals surface area contributed by atoms with Crippen molar-refractivity contribution in [1.29, 1.82) is 0 Å². The molecule has 10 nitrogen and oxygen atoms in total. The van der Waals surface area contributed by atoms with Crippen LogP contribution in [0.4, 0.5) is 24.0 Å². The third kappa shape index (κ3) is 7.84. The van der Waals surface area contributed by atoms with Crippen molar-refractivity contribution in [2.24, 2.45) is 0 Å². The van der Waals surface area contributed by atoms with E-state index >= 15 is 0 Å². The van der Waals surface area contributed by atoms with Crippen LogP contribution in [0.25, 0.3) is 0 Å². The Bertz CT molecular complexity index is 1110. The summed E-state index contributed by atoms with van der Waals surface area (Å²) in [4.78, 5) is 29.3. The Morgan fingerprint density at radius 2 is 1.89 bits per heavy atom. The largest absolute Gasteiger partial charge is 0.573 e. The predicted octanol–water partition coefficient (Wildman–Crippen LogP) is 2.48. The minimum Gasteiger partial charge on any atom is -0.404 e. The first kappa shape index (κ1) is 27.2. The number of Topliss-reactive ketones (excluding diaryl/α,β-unsaturated/α-hetero) is 1. The highest BCUT2D eigenvalue weighted by Crippen LogP contribution is 2.32. The van der Waals surface area contributed by atoms with Crippen molar-refractivity contribution in [2.45, 2.75) is 38.1 Å². The zero-order chi connectivity index (χ0) is 26.6.